The van der Waals surface area contributed by atoms with E-state index in [0.29, 0.717) is 34.8 Å². The molecule has 1 atom stereocenters. The molecule has 38 heavy (non-hydrogen) atoms. The van der Waals surface area contributed by atoms with Gasteiger partial charge in [0.2, 0.25) is 11.6 Å². The summed E-state index contributed by atoms with van der Waals surface area (Å²) in [6.45, 7) is 9.89. The zero-order chi connectivity index (χ0) is 27.0. The number of ether oxygens (including phenoxy) is 3. The number of allylic oxidation sites excluding steroid dienone is 1. The second-order valence-corrected chi connectivity index (χ2v) is 9.17. The molecule has 0 spiro atoms. The number of nitriles is 1. The van der Waals surface area contributed by atoms with E-state index in [2.05, 4.69) is 12.6 Å². The standard InChI is InChI=1S/C31H26N2O5/c1-5-12-35-21-8-6-20(7-9-21)28-23-11-10-22(15-27(23)38-30(33)25(28)16-32)36-31(34)29-19(4)24-13-17(2)18(3)14-26(24)37-29/h5-11,13-15,28H,1,12,33H2,2-4H3. The summed E-state index contributed by atoms with van der Waals surface area (Å²) in [6, 6.07) is 18.5. The Morgan fingerprint density at radius 3 is 2.50 bits per heavy atom. The van der Waals surface area contributed by atoms with E-state index in [0.717, 1.165) is 27.6 Å². The lowest BCUT2D eigenvalue weighted by atomic mass is 9.83. The van der Waals surface area contributed by atoms with Crippen LogP contribution in [-0.4, -0.2) is 12.6 Å². The molecule has 0 amide bonds. The van der Waals surface area contributed by atoms with E-state index in [4.69, 9.17) is 24.4 Å². The van der Waals surface area contributed by atoms with Gasteiger partial charge in [0.25, 0.3) is 0 Å². The lowest BCUT2D eigenvalue weighted by Crippen LogP contribution is -2.21. The minimum atomic E-state index is -0.613. The van der Waals surface area contributed by atoms with Crippen LogP contribution in [0.3, 0.4) is 0 Å². The third-order valence-corrected chi connectivity index (χ3v) is 6.72. The maximum absolute atomic E-state index is 13.0. The quantitative estimate of drug-likeness (QED) is 0.184. The monoisotopic (exact) mass is 506 g/mol. The van der Waals surface area contributed by atoms with Gasteiger partial charge in [0.1, 0.15) is 41.1 Å². The van der Waals surface area contributed by atoms with E-state index in [1.54, 1.807) is 24.3 Å². The fourth-order valence-corrected chi connectivity index (χ4v) is 4.58. The van der Waals surface area contributed by atoms with Crippen LogP contribution in [0.4, 0.5) is 0 Å². The van der Waals surface area contributed by atoms with Gasteiger partial charge in [0.05, 0.1) is 5.92 Å². The highest BCUT2D eigenvalue weighted by Gasteiger charge is 2.31. The number of nitrogens with zero attached hydrogens (tertiary/aromatic N) is 1. The molecule has 7 nitrogen and oxygen atoms in total. The highest BCUT2D eigenvalue weighted by molar-refractivity contribution is 5.97. The molecule has 0 radical (unpaired) electrons. The Bertz CT molecular complexity index is 1650. The Kier molecular flexibility index (Phi) is 6.39. The van der Waals surface area contributed by atoms with Crippen LogP contribution in [0, 0.1) is 32.1 Å². The molecule has 0 bridgehead atoms. The van der Waals surface area contributed by atoms with Gasteiger partial charge in [-0.3, -0.25) is 0 Å². The lowest BCUT2D eigenvalue weighted by molar-refractivity contribution is 0.0702. The molecular formula is C31H26N2O5. The fourth-order valence-electron chi connectivity index (χ4n) is 4.58. The first-order valence-corrected chi connectivity index (χ1v) is 12.1. The van der Waals surface area contributed by atoms with E-state index >= 15 is 0 Å². The number of fused-ring (bicyclic) bond motifs is 2. The number of hydrogen-bond donors (Lipinski definition) is 1. The van der Waals surface area contributed by atoms with Gasteiger partial charge in [-0.15, -0.1) is 0 Å². The minimum Gasteiger partial charge on any atom is -0.490 e. The predicted molar refractivity (Wildman–Crippen MR) is 143 cm³/mol. The van der Waals surface area contributed by atoms with Crippen LogP contribution in [-0.2, 0) is 0 Å². The number of hydrogen-bond acceptors (Lipinski definition) is 7. The number of aryl methyl sites for hydroxylation is 3. The zero-order valence-electron chi connectivity index (χ0n) is 21.3. The molecule has 1 aliphatic heterocycles. The molecule has 1 unspecified atom stereocenters. The van der Waals surface area contributed by atoms with Gasteiger partial charge in [-0.25, -0.2) is 4.79 Å². The Hall–Kier alpha value is -4.96. The van der Waals surface area contributed by atoms with Crippen LogP contribution in [0.5, 0.6) is 17.2 Å². The first-order valence-electron chi connectivity index (χ1n) is 12.1. The molecule has 0 saturated heterocycles. The van der Waals surface area contributed by atoms with Crippen molar-refractivity contribution in [1.29, 1.82) is 5.26 Å². The number of furan rings is 1. The largest absolute Gasteiger partial charge is 0.490 e. The van der Waals surface area contributed by atoms with Crippen LogP contribution in [0.15, 0.2) is 83.1 Å². The van der Waals surface area contributed by atoms with Gasteiger partial charge < -0.3 is 24.4 Å². The van der Waals surface area contributed by atoms with Crippen molar-refractivity contribution in [1.82, 2.24) is 0 Å². The van der Waals surface area contributed by atoms with E-state index < -0.39 is 11.9 Å². The van der Waals surface area contributed by atoms with Gasteiger partial charge in [-0.1, -0.05) is 30.9 Å². The van der Waals surface area contributed by atoms with Crippen LogP contribution in [0.2, 0.25) is 0 Å². The van der Waals surface area contributed by atoms with E-state index in [1.807, 2.05) is 57.2 Å². The number of rotatable bonds is 6. The predicted octanol–water partition coefficient (Wildman–Crippen LogP) is 6.36. The maximum Gasteiger partial charge on any atom is 0.379 e. The van der Waals surface area contributed by atoms with Crippen LogP contribution < -0.4 is 19.9 Å². The van der Waals surface area contributed by atoms with Crippen LogP contribution >= 0.6 is 0 Å². The molecule has 5 rings (SSSR count). The van der Waals surface area contributed by atoms with Crippen molar-refractivity contribution >= 4 is 16.9 Å². The number of nitrogens with two attached hydrogens (primary N) is 1. The number of carbonyl (C=O) groups is 1. The number of benzene rings is 3. The normalized spacial score (nSPS) is 14.4. The van der Waals surface area contributed by atoms with Gasteiger partial charge in [-0.2, -0.15) is 5.26 Å². The van der Waals surface area contributed by atoms with Crippen molar-refractivity contribution < 1.29 is 23.4 Å². The Labute approximate surface area is 220 Å². The summed E-state index contributed by atoms with van der Waals surface area (Å²) < 4.78 is 22.9. The fraction of sp³-hybridized carbons (Fsp3) is 0.161. The highest BCUT2D eigenvalue weighted by atomic mass is 16.5. The first-order chi connectivity index (χ1) is 18.3. The molecular weight excluding hydrogens is 480 g/mol. The van der Waals surface area contributed by atoms with Gasteiger partial charge in [0, 0.05) is 22.6 Å². The molecule has 1 aromatic heterocycles. The summed E-state index contributed by atoms with van der Waals surface area (Å²) in [5, 5.41) is 10.7. The second-order valence-electron chi connectivity index (χ2n) is 9.17. The molecule has 4 aromatic rings. The third-order valence-electron chi connectivity index (χ3n) is 6.72. The van der Waals surface area contributed by atoms with Crippen molar-refractivity contribution in [3.63, 3.8) is 0 Å². The SMILES string of the molecule is C=CCOc1ccc(C2C(C#N)=C(N)Oc3cc(OC(=O)c4oc5cc(C)c(C)cc5c4C)ccc32)cc1. The van der Waals surface area contributed by atoms with Crippen LogP contribution in [0.1, 0.15) is 44.3 Å². The smallest absolute Gasteiger partial charge is 0.379 e. The Morgan fingerprint density at radius 2 is 1.79 bits per heavy atom. The Balaban J connectivity index is 1.45. The van der Waals surface area contributed by atoms with Gasteiger partial charge in [-0.05, 0) is 67.8 Å². The maximum atomic E-state index is 13.0. The average Bonchev–Trinajstić information content (AvgIpc) is 3.22. The topological polar surface area (TPSA) is 108 Å². The Morgan fingerprint density at radius 1 is 1.08 bits per heavy atom. The number of esters is 1. The molecule has 7 heteroatoms. The summed E-state index contributed by atoms with van der Waals surface area (Å²) in [5.74, 6) is 0.428. The average molecular weight is 507 g/mol. The van der Waals surface area contributed by atoms with E-state index in [-0.39, 0.29) is 17.4 Å². The zero-order valence-corrected chi connectivity index (χ0v) is 21.3. The first kappa shape index (κ1) is 24.7. The summed E-state index contributed by atoms with van der Waals surface area (Å²) in [7, 11) is 0. The number of carbonyl (C=O) groups excluding carboxylic acids is 1. The summed E-state index contributed by atoms with van der Waals surface area (Å²) >= 11 is 0. The minimum absolute atomic E-state index is 0.000622. The van der Waals surface area contributed by atoms with Gasteiger partial charge >= 0.3 is 5.97 Å². The van der Waals surface area contributed by atoms with Crippen molar-refractivity contribution in [2.24, 2.45) is 5.73 Å². The third kappa shape index (κ3) is 4.37. The molecule has 1 aliphatic rings. The van der Waals surface area contributed by atoms with E-state index in [1.165, 1.54) is 0 Å². The molecule has 0 saturated carbocycles. The van der Waals surface area contributed by atoms with Crippen molar-refractivity contribution in [3.8, 4) is 23.3 Å². The van der Waals surface area contributed by atoms with E-state index in [9.17, 15) is 10.1 Å². The highest BCUT2D eigenvalue weighted by Crippen LogP contribution is 2.44. The summed E-state index contributed by atoms with van der Waals surface area (Å²) in [4.78, 5) is 13.0. The van der Waals surface area contributed by atoms with Crippen molar-refractivity contribution in [3.05, 3.63) is 112 Å². The van der Waals surface area contributed by atoms with Crippen molar-refractivity contribution in [2.45, 2.75) is 26.7 Å². The van der Waals surface area contributed by atoms with Gasteiger partial charge in [0.15, 0.2) is 0 Å². The molecule has 3 aromatic carbocycles. The molecule has 2 N–H and O–H groups in total. The summed E-state index contributed by atoms with van der Waals surface area (Å²) in [6.07, 6.45) is 1.67. The summed E-state index contributed by atoms with van der Waals surface area (Å²) in [5.41, 5.74) is 11.5. The molecule has 190 valence electrons. The molecule has 0 aliphatic carbocycles. The molecule has 0 fully saturated rings. The van der Waals surface area contributed by atoms with Crippen LogP contribution in [0.25, 0.3) is 11.0 Å². The lowest BCUT2D eigenvalue weighted by Gasteiger charge is -2.26. The molecule has 2 heterocycles. The van der Waals surface area contributed by atoms with Crippen molar-refractivity contribution in [2.75, 3.05) is 6.61 Å². The second kappa shape index (κ2) is 9.83.